The number of hydrogen-bond acceptors (Lipinski definition) is 3. The highest BCUT2D eigenvalue weighted by Gasteiger charge is 2.19. The lowest BCUT2D eigenvalue weighted by molar-refractivity contribution is 0.0660. The zero-order valence-corrected chi connectivity index (χ0v) is 12.0. The van der Waals surface area contributed by atoms with Crippen LogP contribution >= 0.6 is 0 Å². The van der Waals surface area contributed by atoms with Crippen molar-refractivity contribution in [3.63, 3.8) is 0 Å². The van der Waals surface area contributed by atoms with Crippen LogP contribution in [0.5, 0.6) is 0 Å². The van der Waals surface area contributed by atoms with Crippen molar-refractivity contribution < 1.29 is 19.1 Å². The lowest BCUT2D eigenvalue weighted by Crippen LogP contribution is -2.22. The maximum atomic E-state index is 12.1. The first-order chi connectivity index (χ1) is 10.6. The Hall–Kier alpha value is -2.56. The second-order valence-corrected chi connectivity index (χ2v) is 5.50. The summed E-state index contributed by atoms with van der Waals surface area (Å²) in [6, 6.07) is 10.6. The third kappa shape index (κ3) is 3.03. The molecule has 1 aliphatic carbocycles. The highest BCUT2D eigenvalue weighted by molar-refractivity contribution is 5.94. The number of nitrogens with one attached hydrogen (secondary N) is 1. The molecule has 1 amide bonds. The van der Waals surface area contributed by atoms with Crippen molar-refractivity contribution in [1.82, 2.24) is 5.32 Å². The first-order valence-corrected chi connectivity index (χ1v) is 7.33. The molecule has 0 radical (unpaired) electrons. The van der Waals surface area contributed by atoms with Gasteiger partial charge in [-0.3, -0.25) is 4.79 Å². The number of benzene rings is 1. The van der Waals surface area contributed by atoms with Gasteiger partial charge in [0.05, 0.1) is 6.54 Å². The van der Waals surface area contributed by atoms with Crippen LogP contribution in [0.25, 0.3) is 0 Å². The molecule has 1 aromatic heterocycles. The van der Waals surface area contributed by atoms with Crippen molar-refractivity contribution in [3.05, 3.63) is 59.0 Å². The van der Waals surface area contributed by atoms with Gasteiger partial charge in [0, 0.05) is 5.56 Å². The summed E-state index contributed by atoms with van der Waals surface area (Å²) in [5, 5.41) is 11.5. The maximum Gasteiger partial charge on any atom is 0.371 e. The Bertz CT molecular complexity index is 683. The minimum Gasteiger partial charge on any atom is -0.475 e. The van der Waals surface area contributed by atoms with Crippen LogP contribution < -0.4 is 5.32 Å². The molecule has 0 atom stereocenters. The van der Waals surface area contributed by atoms with Crippen LogP contribution in [0.4, 0.5) is 0 Å². The van der Waals surface area contributed by atoms with Gasteiger partial charge in [0.2, 0.25) is 5.76 Å². The zero-order chi connectivity index (χ0) is 15.5. The van der Waals surface area contributed by atoms with Crippen LogP contribution in [0.1, 0.15) is 57.4 Å². The Morgan fingerprint density at radius 1 is 1.14 bits per heavy atom. The molecule has 2 N–H and O–H groups in total. The fourth-order valence-corrected chi connectivity index (χ4v) is 2.51. The van der Waals surface area contributed by atoms with E-state index in [4.69, 9.17) is 9.52 Å². The van der Waals surface area contributed by atoms with Crippen molar-refractivity contribution in [1.29, 1.82) is 0 Å². The van der Waals surface area contributed by atoms with Gasteiger partial charge in [-0.1, -0.05) is 18.6 Å². The molecule has 114 valence electrons. The summed E-state index contributed by atoms with van der Waals surface area (Å²) in [7, 11) is 0. The molecule has 0 unspecified atom stereocenters. The highest BCUT2D eigenvalue weighted by atomic mass is 16.4. The summed E-state index contributed by atoms with van der Waals surface area (Å²) in [4.78, 5) is 22.8. The van der Waals surface area contributed by atoms with E-state index >= 15 is 0 Å². The number of carboxylic acids is 1. The molecule has 22 heavy (non-hydrogen) atoms. The number of hydrogen-bond donors (Lipinski definition) is 2. The minimum absolute atomic E-state index is 0.130. The predicted octanol–water partition coefficient (Wildman–Crippen LogP) is 3.18. The van der Waals surface area contributed by atoms with Crippen molar-refractivity contribution in [3.8, 4) is 0 Å². The molecule has 3 rings (SSSR count). The molecule has 0 saturated heterocycles. The van der Waals surface area contributed by atoms with E-state index in [0.29, 0.717) is 17.2 Å². The first kappa shape index (κ1) is 14.4. The zero-order valence-electron chi connectivity index (χ0n) is 12.0. The van der Waals surface area contributed by atoms with Gasteiger partial charge >= 0.3 is 5.97 Å². The average molecular weight is 299 g/mol. The van der Waals surface area contributed by atoms with E-state index in [2.05, 4.69) is 5.32 Å². The van der Waals surface area contributed by atoms with Crippen molar-refractivity contribution in [2.45, 2.75) is 31.7 Å². The molecule has 0 bridgehead atoms. The van der Waals surface area contributed by atoms with Crippen LogP contribution in [0.2, 0.25) is 0 Å². The second-order valence-electron chi connectivity index (χ2n) is 5.50. The molecule has 0 spiro atoms. The molecule has 5 nitrogen and oxygen atoms in total. The Balaban J connectivity index is 1.57. The van der Waals surface area contributed by atoms with E-state index in [1.807, 2.05) is 24.3 Å². The lowest BCUT2D eigenvalue weighted by atomic mass is 9.80. The summed E-state index contributed by atoms with van der Waals surface area (Å²) in [5.74, 6) is -0.391. The number of amides is 1. The number of furan rings is 1. The fourth-order valence-electron chi connectivity index (χ4n) is 2.51. The van der Waals surface area contributed by atoms with E-state index in [1.54, 1.807) is 6.07 Å². The summed E-state index contributed by atoms with van der Waals surface area (Å²) in [6.45, 7) is 0.163. The Morgan fingerprint density at radius 2 is 1.86 bits per heavy atom. The number of carbonyl (C=O) groups excluding carboxylic acids is 1. The fraction of sp³-hybridized carbons (Fsp3) is 0.294. The van der Waals surface area contributed by atoms with Gasteiger partial charge in [-0.05, 0) is 48.6 Å². The van der Waals surface area contributed by atoms with Crippen LogP contribution in [0.3, 0.4) is 0 Å². The van der Waals surface area contributed by atoms with E-state index in [0.717, 1.165) is 0 Å². The molecule has 1 heterocycles. The Morgan fingerprint density at radius 3 is 2.41 bits per heavy atom. The van der Waals surface area contributed by atoms with E-state index < -0.39 is 5.97 Å². The van der Waals surface area contributed by atoms with E-state index in [-0.39, 0.29) is 18.2 Å². The average Bonchev–Trinajstić information content (AvgIpc) is 2.93. The van der Waals surface area contributed by atoms with Crippen LogP contribution in [-0.4, -0.2) is 17.0 Å². The SMILES string of the molecule is O=C(NCc1ccc(C(=O)O)o1)c1ccc(C2CCC2)cc1. The van der Waals surface area contributed by atoms with Crippen LogP contribution in [0.15, 0.2) is 40.8 Å². The van der Waals surface area contributed by atoms with Gasteiger partial charge in [-0.15, -0.1) is 0 Å². The third-order valence-electron chi connectivity index (χ3n) is 4.05. The Kier molecular flexibility index (Phi) is 3.96. The lowest BCUT2D eigenvalue weighted by Gasteiger charge is -2.25. The van der Waals surface area contributed by atoms with Gasteiger partial charge in [0.1, 0.15) is 5.76 Å². The highest BCUT2D eigenvalue weighted by Crippen LogP contribution is 2.36. The standard InChI is InChI=1S/C17H17NO4/c19-16(18-10-14-8-9-15(22-14)17(20)21)13-6-4-12(5-7-13)11-2-1-3-11/h4-9,11H,1-3,10H2,(H,18,19)(H,20,21). The van der Waals surface area contributed by atoms with Gasteiger partial charge < -0.3 is 14.8 Å². The Labute approximate surface area is 127 Å². The smallest absolute Gasteiger partial charge is 0.371 e. The van der Waals surface area contributed by atoms with Gasteiger partial charge in [-0.25, -0.2) is 4.79 Å². The van der Waals surface area contributed by atoms with Gasteiger partial charge in [0.25, 0.3) is 5.91 Å². The summed E-state index contributed by atoms with van der Waals surface area (Å²) >= 11 is 0. The molecule has 0 aliphatic heterocycles. The monoisotopic (exact) mass is 299 g/mol. The third-order valence-corrected chi connectivity index (χ3v) is 4.05. The molecular weight excluding hydrogens is 282 g/mol. The van der Waals surface area contributed by atoms with E-state index in [1.165, 1.54) is 30.9 Å². The summed E-state index contributed by atoms with van der Waals surface area (Å²) < 4.78 is 5.09. The molecular formula is C17H17NO4. The van der Waals surface area contributed by atoms with Crippen molar-refractivity contribution in [2.75, 3.05) is 0 Å². The molecule has 2 aromatic rings. The maximum absolute atomic E-state index is 12.1. The normalized spacial score (nSPS) is 14.4. The topological polar surface area (TPSA) is 79.5 Å². The second kappa shape index (κ2) is 6.05. The number of carboxylic acid groups (broad SMARTS) is 1. The molecule has 1 aliphatic rings. The van der Waals surface area contributed by atoms with Crippen LogP contribution in [-0.2, 0) is 6.54 Å². The molecule has 1 aromatic carbocycles. The minimum atomic E-state index is -1.12. The number of carbonyl (C=O) groups is 2. The molecule has 1 saturated carbocycles. The number of aromatic carboxylic acids is 1. The van der Waals surface area contributed by atoms with Crippen molar-refractivity contribution in [2.24, 2.45) is 0 Å². The van der Waals surface area contributed by atoms with Crippen LogP contribution in [0, 0.1) is 0 Å². The van der Waals surface area contributed by atoms with Crippen molar-refractivity contribution >= 4 is 11.9 Å². The largest absolute Gasteiger partial charge is 0.475 e. The van der Waals surface area contributed by atoms with E-state index in [9.17, 15) is 9.59 Å². The summed E-state index contributed by atoms with van der Waals surface area (Å²) in [5.41, 5.74) is 1.88. The quantitative estimate of drug-likeness (QED) is 0.888. The molecule has 1 fully saturated rings. The van der Waals surface area contributed by atoms with Gasteiger partial charge in [0.15, 0.2) is 0 Å². The summed E-state index contributed by atoms with van der Waals surface area (Å²) in [6.07, 6.45) is 3.75. The first-order valence-electron chi connectivity index (χ1n) is 7.33. The van der Waals surface area contributed by atoms with Gasteiger partial charge in [-0.2, -0.15) is 0 Å². The molecule has 5 heteroatoms. The predicted molar refractivity (Wildman–Crippen MR) is 79.9 cm³/mol. The number of rotatable bonds is 5.